The molecule has 0 radical (unpaired) electrons. The van der Waals surface area contributed by atoms with Gasteiger partial charge in [0.25, 0.3) is 5.91 Å². The van der Waals surface area contributed by atoms with Gasteiger partial charge in [-0.2, -0.15) is 0 Å². The van der Waals surface area contributed by atoms with Crippen molar-refractivity contribution in [3.8, 4) is 0 Å². The lowest BCUT2D eigenvalue weighted by Gasteiger charge is -2.35. The molecule has 0 aliphatic carbocycles. The summed E-state index contributed by atoms with van der Waals surface area (Å²) in [7, 11) is 0. The molecule has 2 aliphatic rings. The van der Waals surface area contributed by atoms with Crippen LogP contribution < -0.4 is 5.32 Å². The molecule has 1 aromatic carbocycles. The summed E-state index contributed by atoms with van der Waals surface area (Å²) in [5.41, 5.74) is 2.96. The zero-order valence-corrected chi connectivity index (χ0v) is 13.5. The van der Waals surface area contributed by atoms with Crippen LogP contribution in [0.1, 0.15) is 34.3 Å². The Balaban J connectivity index is 1.64. The van der Waals surface area contributed by atoms with Gasteiger partial charge < -0.3 is 10.2 Å². The van der Waals surface area contributed by atoms with Gasteiger partial charge in [-0.3, -0.25) is 14.5 Å². The molecule has 4 amide bonds. The first-order valence-electron chi connectivity index (χ1n) is 7.94. The molecule has 6 nitrogen and oxygen atoms in total. The SMILES string of the molecule is Cc1ccc(C(=O)N2CCC(N3C(=O)CNC3=O)CC2)cc1C. The number of nitrogens with zero attached hydrogens (tertiary/aromatic N) is 2. The zero-order valence-electron chi connectivity index (χ0n) is 13.5. The Morgan fingerprint density at radius 1 is 1.13 bits per heavy atom. The minimum absolute atomic E-state index is 0.0174. The fourth-order valence-corrected chi connectivity index (χ4v) is 3.19. The summed E-state index contributed by atoms with van der Waals surface area (Å²) < 4.78 is 0. The lowest BCUT2D eigenvalue weighted by molar-refractivity contribution is -0.127. The van der Waals surface area contributed by atoms with Gasteiger partial charge in [-0.05, 0) is 49.9 Å². The Bertz CT molecular complexity index is 647. The highest BCUT2D eigenvalue weighted by atomic mass is 16.2. The highest BCUT2D eigenvalue weighted by Crippen LogP contribution is 2.21. The number of urea groups is 1. The van der Waals surface area contributed by atoms with E-state index in [2.05, 4.69) is 5.32 Å². The smallest absolute Gasteiger partial charge is 0.324 e. The first-order chi connectivity index (χ1) is 11.0. The Kier molecular flexibility index (Phi) is 4.07. The van der Waals surface area contributed by atoms with Crippen LogP contribution in [0.4, 0.5) is 4.79 Å². The molecule has 2 heterocycles. The molecule has 1 aromatic rings. The summed E-state index contributed by atoms with van der Waals surface area (Å²) in [6.45, 7) is 5.23. The third-order valence-corrected chi connectivity index (χ3v) is 4.75. The second-order valence-corrected chi connectivity index (χ2v) is 6.24. The zero-order chi connectivity index (χ0) is 16.6. The molecule has 0 aromatic heterocycles. The molecule has 0 spiro atoms. The fraction of sp³-hybridized carbons (Fsp3) is 0.471. The highest BCUT2D eigenvalue weighted by Gasteiger charge is 2.37. The molecule has 0 saturated carbocycles. The quantitative estimate of drug-likeness (QED) is 0.840. The van der Waals surface area contributed by atoms with Gasteiger partial charge >= 0.3 is 6.03 Å². The molecule has 0 bridgehead atoms. The van der Waals surface area contributed by atoms with Crippen LogP contribution in [-0.4, -0.2) is 53.3 Å². The van der Waals surface area contributed by atoms with Crippen LogP contribution in [0.2, 0.25) is 0 Å². The molecular formula is C17H21N3O3. The summed E-state index contributed by atoms with van der Waals surface area (Å²) in [6, 6.07) is 5.32. The number of benzene rings is 1. The van der Waals surface area contributed by atoms with Crippen LogP contribution in [0.25, 0.3) is 0 Å². The van der Waals surface area contributed by atoms with E-state index < -0.39 is 0 Å². The fourth-order valence-electron chi connectivity index (χ4n) is 3.19. The second-order valence-electron chi connectivity index (χ2n) is 6.24. The van der Waals surface area contributed by atoms with E-state index >= 15 is 0 Å². The van der Waals surface area contributed by atoms with Crippen molar-refractivity contribution in [2.24, 2.45) is 0 Å². The lowest BCUT2D eigenvalue weighted by atomic mass is 10.0. The number of hydrogen-bond donors (Lipinski definition) is 1. The maximum Gasteiger partial charge on any atom is 0.324 e. The van der Waals surface area contributed by atoms with Crippen molar-refractivity contribution in [1.29, 1.82) is 0 Å². The molecule has 6 heteroatoms. The van der Waals surface area contributed by atoms with Crippen molar-refractivity contribution in [3.05, 3.63) is 34.9 Å². The van der Waals surface area contributed by atoms with E-state index in [-0.39, 0.29) is 30.4 Å². The van der Waals surface area contributed by atoms with Gasteiger partial charge in [0.2, 0.25) is 5.91 Å². The van der Waals surface area contributed by atoms with Crippen LogP contribution in [-0.2, 0) is 4.79 Å². The molecule has 0 unspecified atom stereocenters. The predicted octanol–water partition coefficient (Wildman–Crippen LogP) is 1.46. The monoisotopic (exact) mass is 315 g/mol. The average molecular weight is 315 g/mol. The van der Waals surface area contributed by atoms with Gasteiger partial charge in [-0.25, -0.2) is 4.79 Å². The van der Waals surface area contributed by atoms with Gasteiger partial charge in [-0.15, -0.1) is 0 Å². The highest BCUT2D eigenvalue weighted by molar-refractivity contribution is 6.02. The molecular weight excluding hydrogens is 294 g/mol. The van der Waals surface area contributed by atoms with Crippen molar-refractivity contribution in [2.45, 2.75) is 32.7 Å². The Morgan fingerprint density at radius 2 is 1.83 bits per heavy atom. The molecule has 122 valence electrons. The summed E-state index contributed by atoms with van der Waals surface area (Å²) in [5.74, 6) is -0.155. The van der Waals surface area contributed by atoms with E-state index in [0.717, 1.165) is 5.56 Å². The molecule has 1 N–H and O–H groups in total. The van der Waals surface area contributed by atoms with E-state index in [0.29, 0.717) is 31.5 Å². The van der Waals surface area contributed by atoms with E-state index in [1.807, 2.05) is 32.0 Å². The average Bonchev–Trinajstić information content (AvgIpc) is 2.88. The van der Waals surface area contributed by atoms with Crippen molar-refractivity contribution in [3.63, 3.8) is 0 Å². The first-order valence-corrected chi connectivity index (χ1v) is 7.94. The summed E-state index contributed by atoms with van der Waals surface area (Å²) in [6.07, 6.45) is 1.27. The normalized spacial score (nSPS) is 19.2. The third-order valence-electron chi connectivity index (χ3n) is 4.75. The molecule has 23 heavy (non-hydrogen) atoms. The third kappa shape index (κ3) is 2.93. The number of carbonyl (C=O) groups excluding carboxylic acids is 3. The largest absolute Gasteiger partial charge is 0.338 e. The minimum Gasteiger partial charge on any atom is -0.338 e. The van der Waals surface area contributed by atoms with Crippen LogP contribution in [0.15, 0.2) is 18.2 Å². The summed E-state index contributed by atoms with van der Waals surface area (Å²) in [4.78, 5) is 39.2. The van der Waals surface area contributed by atoms with Crippen LogP contribution in [0.5, 0.6) is 0 Å². The van der Waals surface area contributed by atoms with E-state index in [9.17, 15) is 14.4 Å². The second kappa shape index (κ2) is 6.02. The van der Waals surface area contributed by atoms with Crippen LogP contribution in [0, 0.1) is 13.8 Å². The number of carbonyl (C=O) groups is 3. The Morgan fingerprint density at radius 3 is 2.39 bits per heavy atom. The van der Waals surface area contributed by atoms with Gasteiger partial charge in [0.05, 0.1) is 6.54 Å². The molecule has 2 aliphatic heterocycles. The summed E-state index contributed by atoms with van der Waals surface area (Å²) >= 11 is 0. The van der Waals surface area contributed by atoms with Crippen LogP contribution >= 0.6 is 0 Å². The summed E-state index contributed by atoms with van der Waals surface area (Å²) in [5, 5.41) is 2.54. The van der Waals surface area contributed by atoms with Gasteiger partial charge in [0.1, 0.15) is 0 Å². The van der Waals surface area contributed by atoms with Crippen LogP contribution in [0.3, 0.4) is 0 Å². The number of rotatable bonds is 2. The molecule has 0 atom stereocenters. The minimum atomic E-state index is -0.311. The number of hydrogen-bond acceptors (Lipinski definition) is 3. The standard InChI is InChI=1S/C17H21N3O3/c1-11-3-4-13(9-12(11)2)16(22)19-7-5-14(6-8-19)20-15(21)10-18-17(20)23/h3-4,9,14H,5-8,10H2,1-2H3,(H,18,23). The predicted molar refractivity (Wildman–Crippen MR) is 85.1 cm³/mol. The maximum absolute atomic E-state index is 12.6. The van der Waals surface area contributed by atoms with Crippen molar-refractivity contribution < 1.29 is 14.4 Å². The van der Waals surface area contributed by atoms with E-state index in [1.165, 1.54) is 10.5 Å². The molecule has 2 saturated heterocycles. The molecule has 3 rings (SSSR count). The lowest BCUT2D eigenvalue weighted by Crippen LogP contribution is -2.49. The number of likely N-dealkylation sites (tertiary alicyclic amines) is 1. The Labute approximate surface area is 135 Å². The number of imide groups is 1. The number of piperidine rings is 1. The van der Waals surface area contributed by atoms with E-state index in [1.54, 1.807) is 4.90 Å². The first kappa shape index (κ1) is 15.5. The van der Waals surface area contributed by atoms with Gasteiger partial charge in [0, 0.05) is 24.7 Å². The van der Waals surface area contributed by atoms with Gasteiger partial charge in [0.15, 0.2) is 0 Å². The number of amides is 4. The van der Waals surface area contributed by atoms with Crippen molar-refractivity contribution in [1.82, 2.24) is 15.1 Å². The van der Waals surface area contributed by atoms with Gasteiger partial charge in [-0.1, -0.05) is 6.07 Å². The van der Waals surface area contributed by atoms with Crippen molar-refractivity contribution in [2.75, 3.05) is 19.6 Å². The van der Waals surface area contributed by atoms with Crippen molar-refractivity contribution >= 4 is 17.8 Å². The topological polar surface area (TPSA) is 69.7 Å². The van der Waals surface area contributed by atoms with E-state index in [4.69, 9.17) is 0 Å². The number of nitrogens with one attached hydrogen (secondary N) is 1. The maximum atomic E-state index is 12.6. The molecule has 2 fully saturated rings. The number of aryl methyl sites for hydroxylation is 2. The Hall–Kier alpha value is -2.37.